The number of aliphatic imine (C=N–C) groups is 1. The first-order valence-corrected chi connectivity index (χ1v) is 9.97. The molecule has 27 heavy (non-hydrogen) atoms. The number of nitrogens with zero attached hydrogens (tertiary/aromatic N) is 2. The van der Waals surface area contributed by atoms with Gasteiger partial charge >= 0.3 is 0 Å². The van der Waals surface area contributed by atoms with E-state index in [2.05, 4.69) is 34.2 Å². The van der Waals surface area contributed by atoms with E-state index in [9.17, 15) is 0 Å². The van der Waals surface area contributed by atoms with Crippen molar-refractivity contribution < 1.29 is 4.74 Å². The third kappa shape index (κ3) is 3.20. The summed E-state index contributed by atoms with van der Waals surface area (Å²) in [5.74, 6) is 0.646. The molecule has 0 saturated carbocycles. The fourth-order valence-corrected chi connectivity index (χ4v) is 4.71. The minimum atomic E-state index is -0.125. The number of halogens is 2. The molecule has 0 aromatic heterocycles. The van der Waals surface area contributed by atoms with Gasteiger partial charge in [0, 0.05) is 60.1 Å². The topological polar surface area (TPSA) is 50.8 Å². The van der Waals surface area contributed by atoms with Crippen LogP contribution in [0, 0.1) is 0 Å². The lowest BCUT2D eigenvalue weighted by Gasteiger charge is -2.47. The molecule has 4 rings (SSSR count). The summed E-state index contributed by atoms with van der Waals surface area (Å²) in [5.41, 5.74) is 10.7. The van der Waals surface area contributed by atoms with Gasteiger partial charge in [0.2, 0.25) is 0 Å². The molecule has 6 heteroatoms. The summed E-state index contributed by atoms with van der Waals surface area (Å²) < 4.78 is 5.70. The summed E-state index contributed by atoms with van der Waals surface area (Å²) in [6.07, 6.45) is 2.52. The average Bonchev–Trinajstić information content (AvgIpc) is 2.69. The molecule has 0 aliphatic carbocycles. The van der Waals surface area contributed by atoms with Crippen LogP contribution in [0.3, 0.4) is 0 Å². The second-order valence-electron chi connectivity index (χ2n) is 7.13. The van der Waals surface area contributed by atoms with Crippen molar-refractivity contribution in [3.05, 3.63) is 57.6 Å². The number of amidine groups is 1. The summed E-state index contributed by atoms with van der Waals surface area (Å²) in [6.45, 7) is 2.21. The van der Waals surface area contributed by atoms with Gasteiger partial charge in [0.05, 0.1) is 5.84 Å². The van der Waals surface area contributed by atoms with Crippen LogP contribution < -0.4 is 10.6 Å². The summed E-state index contributed by atoms with van der Waals surface area (Å²) in [5, 5.41) is 1.50. The van der Waals surface area contributed by atoms with Crippen LogP contribution in [0.1, 0.15) is 30.4 Å². The fraction of sp³-hybridized carbons (Fsp3) is 0.381. The van der Waals surface area contributed by atoms with Crippen molar-refractivity contribution in [2.75, 3.05) is 31.7 Å². The molecule has 2 N–H and O–H groups in total. The molecule has 2 aromatic rings. The van der Waals surface area contributed by atoms with Gasteiger partial charge in [0.15, 0.2) is 0 Å². The lowest BCUT2D eigenvalue weighted by atomic mass is 9.66. The zero-order valence-corrected chi connectivity index (χ0v) is 16.9. The summed E-state index contributed by atoms with van der Waals surface area (Å²) in [7, 11) is 1.73. The molecule has 142 valence electrons. The molecular weight excluding hydrogens is 381 g/mol. The molecule has 1 fully saturated rings. The summed E-state index contributed by atoms with van der Waals surface area (Å²) in [4.78, 5) is 6.42. The van der Waals surface area contributed by atoms with Crippen molar-refractivity contribution in [1.29, 1.82) is 0 Å². The Morgan fingerprint density at radius 3 is 2.15 bits per heavy atom. The molecule has 1 spiro atoms. The van der Waals surface area contributed by atoms with Gasteiger partial charge in [0.25, 0.3) is 0 Å². The first-order chi connectivity index (χ1) is 13.0. The van der Waals surface area contributed by atoms with E-state index < -0.39 is 0 Å². The maximum Gasteiger partial charge on any atom is 0.0951 e. The lowest BCUT2D eigenvalue weighted by molar-refractivity contribution is 0.0629. The van der Waals surface area contributed by atoms with Crippen LogP contribution in [0.15, 0.2) is 41.4 Å². The first kappa shape index (κ1) is 18.6. The van der Waals surface area contributed by atoms with Crippen LogP contribution >= 0.6 is 23.2 Å². The number of benzene rings is 2. The van der Waals surface area contributed by atoms with Gasteiger partial charge in [-0.15, -0.1) is 0 Å². The van der Waals surface area contributed by atoms with E-state index >= 15 is 0 Å². The van der Waals surface area contributed by atoms with Gasteiger partial charge in [0.1, 0.15) is 0 Å². The van der Waals surface area contributed by atoms with Gasteiger partial charge < -0.3 is 15.4 Å². The molecule has 4 nitrogen and oxygen atoms in total. The zero-order valence-electron chi connectivity index (χ0n) is 15.3. The third-order valence-corrected chi connectivity index (χ3v) is 6.23. The quantitative estimate of drug-likeness (QED) is 0.584. The second kappa shape index (κ2) is 7.34. The highest BCUT2D eigenvalue weighted by molar-refractivity contribution is 6.31. The molecule has 2 heterocycles. The lowest BCUT2D eigenvalue weighted by Crippen LogP contribution is -2.41. The Labute approximate surface area is 169 Å². The van der Waals surface area contributed by atoms with E-state index in [4.69, 9.17) is 33.7 Å². The van der Waals surface area contributed by atoms with Crippen LogP contribution in [0.4, 0.5) is 11.4 Å². The van der Waals surface area contributed by atoms with E-state index in [-0.39, 0.29) is 5.41 Å². The predicted molar refractivity (Wildman–Crippen MR) is 113 cm³/mol. The Bertz CT molecular complexity index is 835. The largest absolute Gasteiger partial charge is 0.387 e. The number of hydrogen-bond donors (Lipinski definition) is 1. The van der Waals surface area contributed by atoms with Crippen molar-refractivity contribution in [3.8, 4) is 0 Å². The molecular formula is C21H23Cl2N3O. The van der Waals surface area contributed by atoms with Crippen LogP contribution in [0.5, 0.6) is 0 Å². The standard InChI is InChI=1S/C21H23Cl2N3O/c1-25-20(24)6-9-26-18-4-2-14(22)12-16(18)21(7-10-27-11-8-21)17-13-15(23)3-5-19(17)26/h2-5,12-13H,6-11H2,1H3,(H2,24,25). The number of rotatable bonds is 3. The zero-order chi connectivity index (χ0) is 19.0. The smallest absolute Gasteiger partial charge is 0.0951 e. The Morgan fingerprint density at radius 2 is 1.63 bits per heavy atom. The molecule has 0 unspecified atom stereocenters. The first-order valence-electron chi connectivity index (χ1n) is 9.21. The number of fused-ring (bicyclic) bond motifs is 4. The monoisotopic (exact) mass is 403 g/mol. The average molecular weight is 404 g/mol. The van der Waals surface area contributed by atoms with Gasteiger partial charge in [-0.25, -0.2) is 0 Å². The Balaban J connectivity index is 1.91. The molecule has 2 aliphatic heterocycles. The molecule has 0 amide bonds. The minimum Gasteiger partial charge on any atom is -0.387 e. The molecule has 0 radical (unpaired) electrons. The summed E-state index contributed by atoms with van der Waals surface area (Å²) >= 11 is 12.8. The van der Waals surface area contributed by atoms with Crippen molar-refractivity contribution >= 4 is 40.4 Å². The van der Waals surface area contributed by atoms with Crippen molar-refractivity contribution in [2.24, 2.45) is 10.7 Å². The second-order valence-corrected chi connectivity index (χ2v) is 8.01. The molecule has 1 saturated heterocycles. The maximum atomic E-state index is 6.42. The van der Waals surface area contributed by atoms with Crippen molar-refractivity contribution in [2.45, 2.75) is 24.7 Å². The van der Waals surface area contributed by atoms with Gasteiger partial charge in [-0.3, -0.25) is 4.99 Å². The third-order valence-electron chi connectivity index (χ3n) is 5.76. The number of hydrogen-bond acceptors (Lipinski definition) is 3. The van der Waals surface area contributed by atoms with Crippen LogP contribution in [0.25, 0.3) is 0 Å². The molecule has 2 aromatic carbocycles. The fourth-order valence-electron chi connectivity index (χ4n) is 4.37. The van der Waals surface area contributed by atoms with Gasteiger partial charge in [-0.05, 0) is 60.4 Å². The number of anilines is 2. The molecule has 0 atom stereocenters. The molecule has 2 aliphatic rings. The van der Waals surface area contributed by atoms with E-state index in [0.29, 0.717) is 12.3 Å². The Kier molecular flexibility index (Phi) is 5.06. The summed E-state index contributed by atoms with van der Waals surface area (Å²) in [6, 6.07) is 12.4. The highest BCUT2D eigenvalue weighted by Gasteiger charge is 2.44. The SMILES string of the molecule is CN=C(N)CCN1c2ccc(Cl)cc2C2(CCOCC2)c2cc(Cl)ccc21. The van der Waals surface area contributed by atoms with E-state index in [1.807, 2.05) is 12.1 Å². The normalized spacial score (nSPS) is 18.3. The van der Waals surface area contributed by atoms with E-state index in [1.54, 1.807) is 7.05 Å². The highest BCUT2D eigenvalue weighted by atomic mass is 35.5. The highest BCUT2D eigenvalue weighted by Crippen LogP contribution is 2.54. The van der Waals surface area contributed by atoms with Gasteiger partial charge in [-0.1, -0.05) is 23.2 Å². The predicted octanol–water partition coefficient (Wildman–Crippen LogP) is 4.92. The van der Waals surface area contributed by atoms with Gasteiger partial charge in [-0.2, -0.15) is 0 Å². The van der Waals surface area contributed by atoms with Crippen LogP contribution in [-0.2, 0) is 10.2 Å². The minimum absolute atomic E-state index is 0.125. The molecule has 0 bridgehead atoms. The maximum absolute atomic E-state index is 6.42. The van der Waals surface area contributed by atoms with Crippen LogP contribution in [0.2, 0.25) is 10.0 Å². The Morgan fingerprint density at radius 1 is 1.07 bits per heavy atom. The Hall–Kier alpha value is -1.75. The number of ether oxygens (including phenoxy) is 1. The van der Waals surface area contributed by atoms with E-state index in [0.717, 1.165) is 42.6 Å². The number of nitrogens with two attached hydrogens (primary N) is 1. The van der Waals surface area contributed by atoms with E-state index in [1.165, 1.54) is 22.5 Å². The van der Waals surface area contributed by atoms with Crippen molar-refractivity contribution in [3.63, 3.8) is 0 Å². The van der Waals surface area contributed by atoms with Crippen molar-refractivity contribution in [1.82, 2.24) is 0 Å². The van der Waals surface area contributed by atoms with Crippen LogP contribution in [-0.4, -0.2) is 32.6 Å².